The van der Waals surface area contributed by atoms with Gasteiger partial charge in [0.05, 0.1) is 5.69 Å². The number of carbonyl (C=O) groups is 1. The zero-order chi connectivity index (χ0) is 13.8. The van der Waals surface area contributed by atoms with Crippen molar-refractivity contribution in [3.8, 4) is 0 Å². The highest BCUT2D eigenvalue weighted by Gasteiger charge is 2.07. The van der Waals surface area contributed by atoms with Crippen LogP contribution >= 0.6 is 27.5 Å². The predicted octanol–water partition coefficient (Wildman–Crippen LogP) is 3.81. The van der Waals surface area contributed by atoms with Gasteiger partial charge < -0.3 is 11.1 Å². The number of benzene rings is 2. The first-order valence-corrected chi connectivity index (χ1v) is 6.81. The lowest BCUT2D eigenvalue weighted by Gasteiger charge is -2.11. The largest absolute Gasteiger partial charge is 0.380 e. The smallest absolute Gasteiger partial charge is 0.249 e. The molecule has 2 rings (SSSR count). The first-order chi connectivity index (χ1) is 9.08. The van der Waals surface area contributed by atoms with Crippen LogP contribution in [0.3, 0.4) is 0 Å². The van der Waals surface area contributed by atoms with Crippen molar-refractivity contribution in [2.75, 3.05) is 5.32 Å². The molecule has 3 nitrogen and oxygen atoms in total. The Labute approximate surface area is 124 Å². The fraction of sp³-hybridized carbons (Fsp3) is 0.0714. The van der Waals surface area contributed by atoms with Crippen molar-refractivity contribution in [2.24, 2.45) is 5.73 Å². The van der Waals surface area contributed by atoms with Crippen LogP contribution in [-0.2, 0) is 6.54 Å². The maximum atomic E-state index is 11.3. The molecular formula is C14H12BrClN2O. The van der Waals surface area contributed by atoms with Crippen molar-refractivity contribution in [2.45, 2.75) is 6.54 Å². The van der Waals surface area contributed by atoms with E-state index in [-0.39, 0.29) is 0 Å². The molecule has 5 heteroatoms. The molecule has 0 fully saturated rings. The van der Waals surface area contributed by atoms with Gasteiger partial charge in [-0.2, -0.15) is 0 Å². The third kappa shape index (κ3) is 3.49. The van der Waals surface area contributed by atoms with Gasteiger partial charge in [0.25, 0.3) is 0 Å². The molecule has 2 aromatic carbocycles. The summed E-state index contributed by atoms with van der Waals surface area (Å²) in [5, 5.41) is 3.87. The molecule has 0 bridgehead atoms. The summed E-state index contributed by atoms with van der Waals surface area (Å²) >= 11 is 9.38. The van der Waals surface area contributed by atoms with Crippen LogP contribution in [0.5, 0.6) is 0 Å². The number of carbonyl (C=O) groups excluding carboxylic acids is 1. The molecule has 0 radical (unpaired) electrons. The van der Waals surface area contributed by atoms with Gasteiger partial charge in [-0.1, -0.05) is 29.8 Å². The van der Waals surface area contributed by atoms with E-state index in [0.717, 1.165) is 15.7 Å². The molecule has 0 saturated heterocycles. The highest BCUT2D eigenvalue weighted by Crippen LogP contribution is 2.26. The molecule has 0 spiro atoms. The minimum absolute atomic E-state index is 0.428. The van der Waals surface area contributed by atoms with Crippen LogP contribution in [0.2, 0.25) is 5.02 Å². The number of anilines is 1. The second kappa shape index (κ2) is 6.08. The van der Waals surface area contributed by atoms with Gasteiger partial charge in [-0.25, -0.2) is 0 Å². The van der Waals surface area contributed by atoms with Crippen molar-refractivity contribution in [3.05, 3.63) is 63.1 Å². The molecule has 0 aliphatic carbocycles. The molecule has 0 aliphatic rings. The summed E-state index contributed by atoms with van der Waals surface area (Å²) < 4.78 is 0.911. The van der Waals surface area contributed by atoms with Crippen LogP contribution in [0.25, 0.3) is 0 Å². The quantitative estimate of drug-likeness (QED) is 0.890. The van der Waals surface area contributed by atoms with Crippen LogP contribution in [0.4, 0.5) is 5.69 Å². The third-order valence-electron chi connectivity index (χ3n) is 2.68. The van der Waals surface area contributed by atoms with E-state index in [9.17, 15) is 4.79 Å². The fourth-order valence-electron chi connectivity index (χ4n) is 1.74. The summed E-state index contributed by atoms with van der Waals surface area (Å²) in [6.45, 7) is 0.498. The molecule has 0 heterocycles. The molecule has 19 heavy (non-hydrogen) atoms. The lowest BCUT2D eigenvalue weighted by Crippen LogP contribution is -2.15. The molecule has 2 aromatic rings. The van der Waals surface area contributed by atoms with Crippen molar-refractivity contribution in [1.82, 2.24) is 0 Å². The minimum atomic E-state index is -0.428. The van der Waals surface area contributed by atoms with Crippen LogP contribution in [0, 0.1) is 0 Å². The Bertz CT molecular complexity index is 616. The van der Waals surface area contributed by atoms with Crippen molar-refractivity contribution in [1.29, 1.82) is 0 Å². The van der Waals surface area contributed by atoms with E-state index in [1.165, 1.54) is 0 Å². The lowest BCUT2D eigenvalue weighted by atomic mass is 10.1. The Balaban J connectivity index is 2.19. The Hall–Kier alpha value is -1.52. The fourth-order valence-corrected chi connectivity index (χ4v) is 2.30. The average Bonchev–Trinajstić information content (AvgIpc) is 2.40. The van der Waals surface area contributed by atoms with E-state index in [0.29, 0.717) is 17.1 Å². The van der Waals surface area contributed by atoms with E-state index >= 15 is 0 Å². The third-order valence-corrected chi connectivity index (χ3v) is 3.61. The lowest BCUT2D eigenvalue weighted by molar-refractivity contribution is 0.0999. The van der Waals surface area contributed by atoms with E-state index in [1.54, 1.807) is 18.2 Å². The molecule has 0 atom stereocenters. The van der Waals surface area contributed by atoms with Crippen molar-refractivity contribution < 1.29 is 4.79 Å². The topological polar surface area (TPSA) is 55.1 Å². The maximum absolute atomic E-state index is 11.3. The second-order valence-corrected chi connectivity index (χ2v) is 5.29. The average molecular weight is 340 g/mol. The molecule has 0 aromatic heterocycles. The van der Waals surface area contributed by atoms with Gasteiger partial charge >= 0.3 is 0 Å². The van der Waals surface area contributed by atoms with E-state index < -0.39 is 5.91 Å². The number of hydrogen-bond acceptors (Lipinski definition) is 2. The first-order valence-electron chi connectivity index (χ1n) is 5.64. The standard InChI is InChI=1S/C14H12BrClN2O/c15-12-6-5-10(16)7-13(12)18-8-9-3-1-2-4-11(9)14(17)19/h1-7,18H,8H2,(H2,17,19). The maximum Gasteiger partial charge on any atom is 0.249 e. The van der Waals surface area contributed by atoms with Crippen LogP contribution < -0.4 is 11.1 Å². The molecule has 3 N–H and O–H groups in total. The summed E-state index contributed by atoms with van der Waals surface area (Å²) in [5.74, 6) is -0.428. The van der Waals surface area contributed by atoms with Gasteiger partial charge in [0.2, 0.25) is 5.91 Å². The Morgan fingerprint density at radius 3 is 2.74 bits per heavy atom. The first kappa shape index (κ1) is 13.9. The van der Waals surface area contributed by atoms with E-state index in [2.05, 4.69) is 21.2 Å². The number of halogens is 2. The molecule has 98 valence electrons. The number of rotatable bonds is 4. The molecule has 0 saturated carbocycles. The zero-order valence-electron chi connectivity index (χ0n) is 9.99. The Morgan fingerprint density at radius 2 is 2.00 bits per heavy atom. The molecule has 0 unspecified atom stereocenters. The Kier molecular flexibility index (Phi) is 4.45. The highest BCUT2D eigenvalue weighted by molar-refractivity contribution is 9.10. The number of amides is 1. The Morgan fingerprint density at radius 1 is 1.26 bits per heavy atom. The van der Waals surface area contributed by atoms with E-state index in [1.807, 2.05) is 24.3 Å². The highest BCUT2D eigenvalue weighted by atomic mass is 79.9. The van der Waals surface area contributed by atoms with Crippen LogP contribution in [-0.4, -0.2) is 5.91 Å². The summed E-state index contributed by atoms with van der Waals surface area (Å²) in [6.07, 6.45) is 0. The summed E-state index contributed by atoms with van der Waals surface area (Å²) in [4.78, 5) is 11.3. The minimum Gasteiger partial charge on any atom is -0.380 e. The van der Waals surface area contributed by atoms with Crippen LogP contribution in [0.15, 0.2) is 46.9 Å². The van der Waals surface area contributed by atoms with Crippen molar-refractivity contribution >= 4 is 39.1 Å². The molecular weight excluding hydrogens is 328 g/mol. The molecule has 0 aliphatic heterocycles. The SMILES string of the molecule is NC(=O)c1ccccc1CNc1cc(Cl)ccc1Br. The van der Waals surface area contributed by atoms with Gasteiger partial charge in [-0.3, -0.25) is 4.79 Å². The van der Waals surface area contributed by atoms with Crippen molar-refractivity contribution in [3.63, 3.8) is 0 Å². The van der Waals surface area contributed by atoms with Crippen LogP contribution in [0.1, 0.15) is 15.9 Å². The van der Waals surface area contributed by atoms with Gasteiger partial charge in [-0.15, -0.1) is 0 Å². The predicted molar refractivity (Wildman–Crippen MR) is 81.4 cm³/mol. The summed E-state index contributed by atoms with van der Waals surface area (Å²) in [6, 6.07) is 12.7. The van der Waals surface area contributed by atoms with Gasteiger partial charge in [0.15, 0.2) is 0 Å². The zero-order valence-corrected chi connectivity index (χ0v) is 12.3. The number of hydrogen-bond donors (Lipinski definition) is 2. The van der Waals surface area contributed by atoms with Gasteiger partial charge in [-0.05, 0) is 45.8 Å². The van der Waals surface area contributed by atoms with E-state index in [4.69, 9.17) is 17.3 Å². The van der Waals surface area contributed by atoms with Gasteiger partial charge in [0.1, 0.15) is 0 Å². The normalized spacial score (nSPS) is 10.2. The number of nitrogens with one attached hydrogen (secondary N) is 1. The monoisotopic (exact) mass is 338 g/mol. The number of primary amides is 1. The second-order valence-electron chi connectivity index (χ2n) is 4.00. The summed E-state index contributed by atoms with van der Waals surface area (Å²) in [5.41, 5.74) is 7.58. The number of nitrogens with two attached hydrogens (primary N) is 1. The van der Waals surface area contributed by atoms with Gasteiger partial charge in [0, 0.05) is 21.6 Å². The molecule has 1 amide bonds. The summed E-state index contributed by atoms with van der Waals surface area (Å²) in [7, 11) is 0.